The van der Waals surface area contributed by atoms with E-state index in [9.17, 15) is 14.4 Å². The Bertz CT molecular complexity index is 618. The molecular formula is C13H18N2O5. The van der Waals surface area contributed by atoms with Gasteiger partial charge in [-0.1, -0.05) is 6.92 Å². The average Bonchev–Trinajstić information content (AvgIpc) is 2.75. The Kier molecular flexibility index (Phi) is 4.08. The highest BCUT2D eigenvalue weighted by Crippen LogP contribution is 2.36. The summed E-state index contributed by atoms with van der Waals surface area (Å²) in [6.45, 7) is 3.53. The van der Waals surface area contributed by atoms with E-state index >= 15 is 0 Å². The second-order valence-corrected chi connectivity index (χ2v) is 5.11. The topological polar surface area (TPSA) is 101 Å². The fourth-order valence-corrected chi connectivity index (χ4v) is 2.63. The lowest BCUT2D eigenvalue weighted by atomic mass is 9.95. The molecule has 2 N–H and O–H groups in total. The van der Waals surface area contributed by atoms with Crippen LogP contribution in [0.25, 0.3) is 0 Å². The number of nitrogens with one attached hydrogen (secondary N) is 1. The van der Waals surface area contributed by atoms with Crippen molar-refractivity contribution in [2.75, 3.05) is 0 Å². The van der Waals surface area contributed by atoms with Crippen LogP contribution in [0.4, 0.5) is 0 Å². The van der Waals surface area contributed by atoms with Crippen molar-refractivity contribution in [2.24, 2.45) is 5.92 Å². The van der Waals surface area contributed by atoms with Gasteiger partial charge in [0.25, 0.3) is 5.56 Å². The number of aryl methyl sites for hydroxylation is 1. The maximum atomic E-state index is 11.8. The highest BCUT2D eigenvalue weighted by atomic mass is 16.5. The highest BCUT2D eigenvalue weighted by molar-refractivity contribution is 5.67. The van der Waals surface area contributed by atoms with E-state index in [0.717, 1.165) is 0 Å². The van der Waals surface area contributed by atoms with E-state index in [0.29, 0.717) is 18.4 Å². The van der Waals surface area contributed by atoms with Gasteiger partial charge in [-0.2, -0.15) is 0 Å². The molecular weight excluding hydrogens is 264 g/mol. The predicted molar refractivity (Wildman–Crippen MR) is 70.6 cm³/mol. The summed E-state index contributed by atoms with van der Waals surface area (Å²) in [5, 5.41) is 8.91. The molecule has 1 saturated heterocycles. The predicted octanol–water partition coefficient (Wildman–Crippen LogP) is 0.633. The zero-order valence-corrected chi connectivity index (χ0v) is 11.5. The molecule has 7 heteroatoms. The molecule has 1 aromatic heterocycles. The zero-order valence-electron chi connectivity index (χ0n) is 11.5. The van der Waals surface area contributed by atoms with E-state index in [1.165, 1.54) is 10.8 Å². The molecule has 110 valence electrons. The third-order valence-corrected chi connectivity index (χ3v) is 3.66. The number of H-pyrrole nitrogens is 1. The summed E-state index contributed by atoms with van der Waals surface area (Å²) >= 11 is 0. The summed E-state index contributed by atoms with van der Waals surface area (Å²) in [6, 6.07) is 0. The Morgan fingerprint density at radius 1 is 1.55 bits per heavy atom. The van der Waals surface area contributed by atoms with Gasteiger partial charge in [0.2, 0.25) is 0 Å². The van der Waals surface area contributed by atoms with Gasteiger partial charge in [-0.15, -0.1) is 0 Å². The smallest absolute Gasteiger partial charge is 0.330 e. The van der Waals surface area contributed by atoms with Crippen LogP contribution in [0.3, 0.4) is 0 Å². The minimum absolute atomic E-state index is 0.0199. The van der Waals surface area contributed by atoms with E-state index in [2.05, 4.69) is 4.98 Å². The Hall–Kier alpha value is -1.89. The summed E-state index contributed by atoms with van der Waals surface area (Å²) in [4.78, 5) is 36.2. The molecule has 3 atom stereocenters. The van der Waals surface area contributed by atoms with Crippen LogP contribution < -0.4 is 11.2 Å². The van der Waals surface area contributed by atoms with Crippen LogP contribution in [-0.2, 0) is 9.53 Å². The lowest BCUT2D eigenvalue weighted by Crippen LogP contribution is -2.33. The van der Waals surface area contributed by atoms with Crippen molar-refractivity contribution in [3.63, 3.8) is 0 Å². The Labute approximate surface area is 115 Å². The molecule has 1 aliphatic heterocycles. The number of aliphatic carboxylic acids is 1. The molecule has 0 amide bonds. The molecule has 1 fully saturated rings. The van der Waals surface area contributed by atoms with Crippen molar-refractivity contribution in [1.29, 1.82) is 0 Å². The fourth-order valence-electron chi connectivity index (χ4n) is 2.63. The van der Waals surface area contributed by atoms with Crippen molar-refractivity contribution in [3.05, 3.63) is 32.6 Å². The van der Waals surface area contributed by atoms with Crippen LogP contribution in [0.2, 0.25) is 0 Å². The average molecular weight is 282 g/mol. The number of hydrogen-bond donors (Lipinski definition) is 2. The van der Waals surface area contributed by atoms with Gasteiger partial charge in [-0.05, 0) is 25.7 Å². The summed E-state index contributed by atoms with van der Waals surface area (Å²) in [5.74, 6) is -0.996. The first-order chi connectivity index (χ1) is 9.42. The van der Waals surface area contributed by atoms with Gasteiger partial charge < -0.3 is 9.84 Å². The first-order valence-corrected chi connectivity index (χ1v) is 6.61. The van der Waals surface area contributed by atoms with E-state index in [1.54, 1.807) is 6.92 Å². The van der Waals surface area contributed by atoms with Crippen molar-refractivity contribution in [1.82, 2.24) is 9.55 Å². The molecule has 7 nitrogen and oxygen atoms in total. The molecule has 0 radical (unpaired) electrons. The van der Waals surface area contributed by atoms with E-state index < -0.39 is 23.4 Å². The number of aromatic nitrogens is 2. The molecule has 0 spiro atoms. The SMILES string of the molecule is CC[C@H]1O[C@@H](n2cc(C)c(=O)[nH]c2=O)C[C@@H]1CC(=O)O. The van der Waals surface area contributed by atoms with Gasteiger partial charge >= 0.3 is 11.7 Å². The zero-order chi connectivity index (χ0) is 14.9. The van der Waals surface area contributed by atoms with Crippen LogP contribution in [0.1, 0.15) is 38.0 Å². The van der Waals surface area contributed by atoms with Crippen molar-refractivity contribution in [3.8, 4) is 0 Å². The van der Waals surface area contributed by atoms with Crippen LogP contribution in [0.15, 0.2) is 15.8 Å². The number of aromatic amines is 1. The van der Waals surface area contributed by atoms with Gasteiger partial charge in [-0.25, -0.2) is 4.79 Å². The van der Waals surface area contributed by atoms with Gasteiger partial charge in [0.05, 0.1) is 12.5 Å². The second-order valence-electron chi connectivity index (χ2n) is 5.11. The number of ether oxygens (including phenoxy) is 1. The normalized spacial score (nSPS) is 25.8. The van der Waals surface area contributed by atoms with E-state index in [4.69, 9.17) is 9.84 Å². The second kappa shape index (κ2) is 5.62. The van der Waals surface area contributed by atoms with Crippen LogP contribution in [-0.4, -0.2) is 26.7 Å². The summed E-state index contributed by atoms with van der Waals surface area (Å²) in [7, 11) is 0. The van der Waals surface area contributed by atoms with Crippen molar-refractivity contribution >= 4 is 5.97 Å². The van der Waals surface area contributed by atoms with E-state index in [-0.39, 0.29) is 18.4 Å². The summed E-state index contributed by atoms with van der Waals surface area (Å²) < 4.78 is 7.10. The van der Waals surface area contributed by atoms with Crippen molar-refractivity contribution in [2.45, 2.75) is 45.4 Å². The van der Waals surface area contributed by atoms with Crippen LogP contribution in [0.5, 0.6) is 0 Å². The fraction of sp³-hybridized carbons (Fsp3) is 0.615. The maximum absolute atomic E-state index is 11.8. The van der Waals surface area contributed by atoms with Gasteiger partial charge in [0, 0.05) is 11.8 Å². The molecule has 0 saturated carbocycles. The molecule has 2 heterocycles. The lowest BCUT2D eigenvalue weighted by Gasteiger charge is -2.15. The third-order valence-electron chi connectivity index (χ3n) is 3.66. The number of carboxylic acids is 1. The molecule has 2 rings (SSSR count). The minimum Gasteiger partial charge on any atom is -0.481 e. The first-order valence-electron chi connectivity index (χ1n) is 6.61. The monoisotopic (exact) mass is 282 g/mol. The molecule has 1 aromatic rings. The molecule has 1 aliphatic rings. The Morgan fingerprint density at radius 3 is 2.85 bits per heavy atom. The molecule has 0 aromatic carbocycles. The number of carbonyl (C=O) groups is 1. The molecule has 0 bridgehead atoms. The summed E-state index contributed by atoms with van der Waals surface area (Å²) in [5.41, 5.74) is -0.530. The van der Waals surface area contributed by atoms with Gasteiger partial charge in [0.15, 0.2) is 0 Å². The van der Waals surface area contributed by atoms with Crippen LogP contribution in [0, 0.1) is 12.8 Å². The first kappa shape index (κ1) is 14.5. The molecule has 20 heavy (non-hydrogen) atoms. The Balaban J connectivity index is 2.27. The van der Waals surface area contributed by atoms with E-state index in [1.807, 2.05) is 6.92 Å². The third kappa shape index (κ3) is 2.82. The number of carboxylic acid groups (broad SMARTS) is 1. The summed E-state index contributed by atoms with van der Waals surface area (Å²) in [6.07, 6.45) is 1.91. The quantitative estimate of drug-likeness (QED) is 0.843. The lowest BCUT2D eigenvalue weighted by molar-refractivity contribution is -0.138. The van der Waals surface area contributed by atoms with Gasteiger partial charge in [-0.3, -0.25) is 19.1 Å². The van der Waals surface area contributed by atoms with Gasteiger partial charge in [0.1, 0.15) is 6.23 Å². The highest BCUT2D eigenvalue weighted by Gasteiger charge is 2.36. The number of rotatable bonds is 4. The molecule has 0 aliphatic carbocycles. The minimum atomic E-state index is -0.873. The Morgan fingerprint density at radius 2 is 2.25 bits per heavy atom. The van der Waals surface area contributed by atoms with Crippen molar-refractivity contribution < 1.29 is 14.6 Å². The largest absolute Gasteiger partial charge is 0.481 e. The number of hydrogen-bond acceptors (Lipinski definition) is 4. The molecule has 0 unspecified atom stereocenters. The number of nitrogens with zero attached hydrogens (tertiary/aromatic N) is 1. The standard InChI is InChI=1S/C13H18N2O5/c1-3-9-8(5-11(16)17)4-10(20-9)15-6-7(2)12(18)14-13(15)19/h6,8-10H,3-5H2,1-2H3,(H,16,17)(H,14,18,19)/t8-,9-,10-/m1/s1. The maximum Gasteiger partial charge on any atom is 0.330 e. The van der Waals surface area contributed by atoms with Crippen LogP contribution >= 0.6 is 0 Å².